The number of hydrogen-bond donors (Lipinski definition) is 0. The molecule has 0 radical (unpaired) electrons. The third kappa shape index (κ3) is 2.90. The van der Waals surface area contributed by atoms with Crippen LogP contribution in [0.2, 0.25) is 0 Å². The van der Waals surface area contributed by atoms with Crippen LogP contribution < -0.4 is 4.74 Å². The average molecular weight is 360 g/mol. The maximum absolute atomic E-state index is 12.3. The molecule has 0 bridgehead atoms. The zero-order valence-corrected chi connectivity index (χ0v) is 15.4. The van der Waals surface area contributed by atoms with Gasteiger partial charge in [0.2, 0.25) is 0 Å². The van der Waals surface area contributed by atoms with Gasteiger partial charge in [-0.2, -0.15) is 0 Å². The molecule has 5 rings (SSSR count). The van der Waals surface area contributed by atoms with Crippen LogP contribution in [-0.2, 0) is 11.2 Å². The molecule has 2 aromatic rings. The molecule has 2 fully saturated rings. The Kier molecular flexibility index (Phi) is 4.11. The van der Waals surface area contributed by atoms with E-state index in [1.54, 1.807) is 12.1 Å². The largest absolute Gasteiger partial charge is 0.423 e. The van der Waals surface area contributed by atoms with Gasteiger partial charge >= 0.3 is 5.97 Å². The van der Waals surface area contributed by atoms with Crippen molar-refractivity contribution in [2.45, 2.75) is 44.4 Å². The first-order valence-electron chi connectivity index (χ1n) is 10.1. The van der Waals surface area contributed by atoms with Gasteiger partial charge in [0.05, 0.1) is 5.56 Å². The number of Topliss-reactive ketones (excluding diaryl/α,β-unsaturated/α-hetero) is 1. The summed E-state index contributed by atoms with van der Waals surface area (Å²) in [6.45, 7) is 0. The third-order valence-corrected chi connectivity index (χ3v) is 6.99. The van der Waals surface area contributed by atoms with Crippen LogP contribution in [0.3, 0.4) is 0 Å². The Bertz CT molecular complexity index is 886. The Morgan fingerprint density at radius 1 is 0.852 bits per heavy atom. The predicted octanol–water partition coefficient (Wildman–Crippen LogP) is 4.94. The van der Waals surface area contributed by atoms with Gasteiger partial charge in [-0.3, -0.25) is 4.79 Å². The molecule has 138 valence electrons. The predicted molar refractivity (Wildman–Crippen MR) is 103 cm³/mol. The number of carbonyl (C=O) groups is 2. The fourth-order valence-corrected chi connectivity index (χ4v) is 5.78. The Balaban J connectivity index is 1.37. The number of ketones is 1. The lowest BCUT2D eigenvalue weighted by molar-refractivity contribution is -0.122. The minimum absolute atomic E-state index is 0.311. The van der Waals surface area contributed by atoms with Crippen molar-refractivity contribution >= 4 is 11.8 Å². The van der Waals surface area contributed by atoms with E-state index in [2.05, 4.69) is 12.1 Å². The molecule has 4 atom stereocenters. The number of aryl methyl sites for hydroxylation is 1. The molecule has 0 amide bonds. The second kappa shape index (κ2) is 6.63. The smallest absolute Gasteiger partial charge is 0.343 e. The van der Waals surface area contributed by atoms with E-state index in [4.69, 9.17) is 4.74 Å². The van der Waals surface area contributed by atoms with Crippen LogP contribution in [0.1, 0.15) is 59.5 Å². The number of hydrogen-bond acceptors (Lipinski definition) is 3. The highest BCUT2D eigenvalue weighted by molar-refractivity contribution is 5.91. The van der Waals surface area contributed by atoms with Crippen molar-refractivity contribution in [3.05, 3.63) is 65.2 Å². The Hall–Kier alpha value is -2.42. The maximum Gasteiger partial charge on any atom is 0.343 e. The van der Waals surface area contributed by atoms with Crippen LogP contribution in [0.4, 0.5) is 0 Å². The monoisotopic (exact) mass is 360 g/mol. The summed E-state index contributed by atoms with van der Waals surface area (Å²) in [6.07, 6.45) is 6.22. The molecule has 27 heavy (non-hydrogen) atoms. The van der Waals surface area contributed by atoms with Gasteiger partial charge in [0.25, 0.3) is 0 Å². The van der Waals surface area contributed by atoms with E-state index in [0.717, 1.165) is 38.5 Å². The van der Waals surface area contributed by atoms with Crippen LogP contribution in [0.25, 0.3) is 0 Å². The van der Waals surface area contributed by atoms with Crippen molar-refractivity contribution in [2.24, 2.45) is 17.8 Å². The van der Waals surface area contributed by atoms with Gasteiger partial charge in [-0.1, -0.05) is 24.3 Å². The van der Waals surface area contributed by atoms with Crippen LogP contribution in [0, 0.1) is 17.8 Å². The highest BCUT2D eigenvalue weighted by Gasteiger charge is 2.47. The summed E-state index contributed by atoms with van der Waals surface area (Å²) < 4.78 is 5.60. The van der Waals surface area contributed by atoms with Crippen LogP contribution >= 0.6 is 0 Å². The molecule has 3 heteroatoms. The number of fused-ring (bicyclic) bond motifs is 5. The zero-order chi connectivity index (χ0) is 18.4. The molecule has 0 heterocycles. The van der Waals surface area contributed by atoms with Crippen LogP contribution in [0.5, 0.6) is 5.75 Å². The van der Waals surface area contributed by atoms with E-state index in [9.17, 15) is 9.59 Å². The topological polar surface area (TPSA) is 43.4 Å². The number of esters is 1. The van der Waals surface area contributed by atoms with E-state index >= 15 is 0 Å². The van der Waals surface area contributed by atoms with Crippen LogP contribution in [-0.4, -0.2) is 11.8 Å². The Labute approximate surface area is 159 Å². The van der Waals surface area contributed by atoms with Gasteiger partial charge in [-0.05, 0) is 85.3 Å². The maximum atomic E-state index is 12.3. The van der Waals surface area contributed by atoms with E-state index in [1.165, 1.54) is 11.1 Å². The highest BCUT2D eigenvalue weighted by atomic mass is 16.5. The van der Waals surface area contributed by atoms with Gasteiger partial charge in [0.15, 0.2) is 0 Å². The van der Waals surface area contributed by atoms with Gasteiger partial charge < -0.3 is 4.74 Å². The van der Waals surface area contributed by atoms with Crippen LogP contribution in [0.15, 0.2) is 48.5 Å². The average Bonchev–Trinajstić information content (AvgIpc) is 3.09. The fourth-order valence-electron chi connectivity index (χ4n) is 5.78. The summed E-state index contributed by atoms with van der Waals surface area (Å²) in [5, 5.41) is 0. The zero-order valence-electron chi connectivity index (χ0n) is 15.4. The molecule has 2 saturated carbocycles. The third-order valence-electron chi connectivity index (χ3n) is 6.99. The van der Waals surface area contributed by atoms with Crippen molar-refractivity contribution in [3.8, 4) is 5.75 Å². The molecule has 0 aliphatic heterocycles. The molecular formula is C24H24O3. The minimum Gasteiger partial charge on any atom is -0.423 e. The quantitative estimate of drug-likeness (QED) is 0.563. The summed E-state index contributed by atoms with van der Waals surface area (Å²) in [5.41, 5.74) is 3.31. The Morgan fingerprint density at radius 3 is 2.44 bits per heavy atom. The van der Waals surface area contributed by atoms with E-state index < -0.39 is 0 Å². The fraction of sp³-hybridized carbons (Fsp3) is 0.417. The number of benzene rings is 2. The summed E-state index contributed by atoms with van der Waals surface area (Å²) >= 11 is 0. The minimum atomic E-state index is -0.311. The first kappa shape index (κ1) is 16.7. The summed E-state index contributed by atoms with van der Waals surface area (Å²) in [7, 11) is 0. The van der Waals surface area contributed by atoms with Gasteiger partial charge in [0, 0.05) is 12.3 Å². The van der Waals surface area contributed by atoms with Crippen molar-refractivity contribution in [1.82, 2.24) is 0 Å². The second-order valence-electron chi connectivity index (χ2n) is 8.28. The van der Waals surface area contributed by atoms with Gasteiger partial charge in [-0.25, -0.2) is 4.79 Å². The molecule has 2 unspecified atom stereocenters. The summed E-state index contributed by atoms with van der Waals surface area (Å²) in [5.74, 6) is 2.98. The molecule has 3 aliphatic carbocycles. The molecule has 0 saturated heterocycles. The highest BCUT2D eigenvalue weighted by Crippen LogP contribution is 2.54. The number of carbonyl (C=O) groups excluding carboxylic acids is 2. The van der Waals surface area contributed by atoms with Crippen molar-refractivity contribution in [3.63, 3.8) is 0 Å². The van der Waals surface area contributed by atoms with Gasteiger partial charge in [-0.15, -0.1) is 0 Å². The van der Waals surface area contributed by atoms with Crippen molar-refractivity contribution in [1.29, 1.82) is 0 Å². The molecule has 0 N–H and O–H groups in total. The molecule has 0 spiro atoms. The normalized spacial score (nSPS) is 28.8. The Morgan fingerprint density at radius 2 is 1.59 bits per heavy atom. The van der Waals surface area contributed by atoms with Gasteiger partial charge in [0.1, 0.15) is 11.5 Å². The molecule has 2 aromatic carbocycles. The lowest BCUT2D eigenvalue weighted by Crippen LogP contribution is -2.35. The van der Waals surface area contributed by atoms with E-state index in [1.807, 2.05) is 24.3 Å². The first-order chi connectivity index (χ1) is 13.2. The lowest BCUT2D eigenvalue weighted by Gasteiger charge is -2.43. The van der Waals surface area contributed by atoms with Crippen molar-refractivity contribution < 1.29 is 14.3 Å². The standard InChI is InChI=1S/C24H24O3/c25-23-13-12-21-20-8-6-16-14-17(27-24(26)15-4-2-1-3-5-15)7-9-18(16)19(20)10-11-22(21)23/h1-5,7,9,14,19-22H,6,8,10-13H2/t19?,20-,21+,22?/m1/s1. The first-order valence-corrected chi connectivity index (χ1v) is 10.1. The lowest BCUT2D eigenvalue weighted by atomic mass is 9.61. The van der Waals surface area contributed by atoms with E-state index in [0.29, 0.717) is 40.8 Å². The molecule has 3 aliphatic rings. The summed E-state index contributed by atoms with van der Waals surface area (Å²) in [6, 6.07) is 15.3. The number of ether oxygens (including phenoxy) is 1. The molecular weight excluding hydrogens is 336 g/mol. The SMILES string of the molecule is O=C(Oc1ccc2c(c1)CC[C@@H]1C2CCC2C(=O)CC[C@H]21)c1ccccc1. The molecule has 0 aromatic heterocycles. The molecule has 3 nitrogen and oxygen atoms in total. The number of rotatable bonds is 2. The van der Waals surface area contributed by atoms with E-state index in [-0.39, 0.29) is 5.97 Å². The summed E-state index contributed by atoms with van der Waals surface area (Å²) in [4.78, 5) is 24.5. The van der Waals surface area contributed by atoms with Crippen molar-refractivity contribution in [2.75, 3.05) is 0 Å². The second-order valence-corrected chi connectivity index (χ2v) is 8.28.